The Labute approximate surface area is 125 Å². The third-order valence-electron chi connectivity index (χ3n) is 3.00. The van der Waals surface area contributed by atoms with E-state index in [-0.39, 0.29) is 0 Å². The zero-order chi connectivity index (χ0) is 14.1. The summed E-state index contributed by atoms with van der Waals surface area (Å²) in [5.41, 5.74) is 2.59. The van der Waals surface area contributed by atoms with Crippen molar-refractivity contribution >= 4 is 32.7 Å². The van der Waals surface area contributed by atoms with Gasteiger partial charge in [-0.1, -0.05) is 18.2 Å². The number of halogens is 1. The van der Waals surface area contributed by atoms with Crippen molar-refractivity contribution in [1.82, 2.24) is 15.0 Å². The van der Waals surface area contributed by atoms with Crippen molar-refractivity contribution in [3.63, 3.8) is 0 Å². The number of pyridine rings is 1. The number of aryl methyl sites for hydroxylation is 1. The average molecular weight is 329 g/mol. The van der Waals surface area contributed by atoms with Crippen molar-refractivity contribution in [2.24, 2.45) is 0 Å². The quantitative estimate of drug-likeness (QED) is 0.777. The molecule has 20 heavy (non-hydrogen) atoms. The Balaban J connectivity index is 2.23. The molecule has 0 fully saturated rings. The molecule has 3 rings (SSSR count). The summed E-state index contributed by atoms with van der Waals surface area (Å²) < 4.78 is 0.892. The first-order valence-corrected chi connectivity index (χ1v) is 7.06. The van der Waals surface area contributed by atoms with E-state index in [4.69, 9.17) is 0 Å². The van der Waals surface area contributed by atoms with Gasteiger partial charge in [-0.3, -0.25) is 0 Å². The van der Waals surface area contributed by atoms with E-state index in [1.807, 2.05) is 50.4 Å². The minimum Gasteiger partial charge on any atom is -0.373 e. The van der Waals surface area contributed by atoms with Crippen LogP contribution < -0.4 is 5.32 Å². The van der Waals surface area contributed by atoms with Gasteiger partial charge in [-0.05, 0) is 35.0 Å². The fourth-order valence-corrected chi connectivity index (χ4v) is 2.56. The van der Waals surface area contributed by atoms with Crippen LogP contribution in [-0.2, 0) is 0 Å². The van der Waals surface area contributed by atoms with Gasteiger partial charge in [0.2, 0.25) is 0 Å². The van der Waals surface area contributed by atoms with Crippen molar-refractivity contribution in [1.29, 1.82) is 0 Å². The van der Waals surface area contributed by atoms with Gasteiger partial charge in [-0.2, -0.15) is 0 Å². The van der Waals surface area contributed by atoms with Crippen LogP contribution in [0, 0.1) is 6.92 Å². The Morgan fingerprint density at radius 2 is 1.85 bits per heavy atom. The molecule has 0 saturated heterocycles. The number of hydrogen-bond acceptors (Lipinski definition) is 4. The van der Waals surface area contributed by atoms with Crippen LogP contribution in [-0.4, -0.2) is 22.0 Å². The zero-order valence-electron chi connectivity index (χ0n) is 11.2. The lowest BCUT2D eigenvalue weighted by atomic mass is 10.2. The molecule has 0 amide bonds. The van der Waals surface area contributed by atoms with E-state index < -0.39 is 0 Å². The zero-order valence-corrected chi connectivity index (χ0v) is 12.8. The average Bonchev–Trinajstić information content (AvgIpc) is 2.45. The topological polar surface area (TPSA) is 50.7 Å². The molecule has 0 atom stereocenters. The molecular formula is C15H13BrN4. The summed E-state index contributed by atoms with van der Waals surface area (Å²) >= 11 is 3.56. The Morgan fingerprint density at radius 3 is 2.65 bits per heavy atom. The number of anilines is 1. The fourth-order valence-electron chi connectivity index (χ4n) is 2.05. The predicted molar refractivity (Wildman–Crippen MR) is 84.8 cm³/mol. The molecule has 1 aromatic carbocycles. The van der Waals surface area contributed by atoms with Gasteiger partial charge in [0.05, 0.1) is 5.52 Å². The molecule has 4 nitrogen and oxygen atoms in total. The van der Waals surface area contributed by atoms with Crippen molar-refractivity contribution < 1.29 is 0 Å². The number of benzene rings is 1. The van der Waals surface area contributed by atoms with Crippen LogP contribution in [0.4, 0.5) is 5.82 Å². The van der Waals surface area contributed by atoms with E-state index in [1.165, 1.54) is 0 Å². The van der Waals surface area contributed by atoms with Gasteiger partial charge in [-0.15, -0.1) is 0 Å². The lowest BCUT2D eigenvalue weighted by Crippen LogP contribution is -2.00. The third-order valence-corrected chi connectivity index (χ3v) is 3.60. The SMILES string of the molecule is CNc1cc(C)nc(-c2nc3ccccc3cc2Br)n1. The summed E-state index contributed by atoms with van der Waals surface area (Å²) in [7, 11) is 1.84. The summed E-state index contributed by atoms with van der Waals surface area (Å²) in [6.07, 6.45) is 0. The molecule has 0 spiro atoms. The standard InChI is InChI=1S/C15H13BrN4/c1-9-7-13(17-2)20-15(18-9)14-11(16)8-10-5-3-4-6-12(10)19-14/h3-8H,1-2H3,(H,17,18,20). The molecule has 0 aliphatic carbocycles. The smallest absolute Gasteiger partial charge is 0.181 e. The Morgan fingerprint density at radius 1 is 1.05 bits per heavy atom. The highest BCUT2D eigenvalue weighted by atomic mass is 79.9. The predicted octanol–water partition coefficient (Wildman–Crippen LogP) is 3.80. The van der Waals surface area contributed by atoms with E-state index in [1.54, 1.807) is 0 Å². The van der Waals surface area contributed by atoms with Crippen LogP contribution >= 0.6 is 15.9 Å². The number of hydrogen-bond donors (Lipinski definition) is 1. The van der Waals surface area contributed by atoms with Crippen LogP contribution in [0.3, 0.4) is 0 Å². The highest BCUT2D eigenvalue weighted by Crippen LogP contribution is 2.28. The maximum Gasteiger partial charge on any atom is 0.181 e. The second-order valence-electron chi connectivity index (χ2n) is 4.48. The first kappa shape index (κ1) is 13.0. The highest BCUT2D eigenvalue weighted by Gasteiger charge is 2.11. The molecule has 0 radical (unpaired) electrons. The molecule has 0 saturated carbocycles. The Bertz CT molecular complexity index is 786. The maximum atomic E-state index is 4.66. The number of nitrogens with zero attached hydrogens (tertiary/aromatic N) is 3. The maximum absolute atomic E-state index is 4.66. The number of para-hydroxylation sites is 1. The fraction of sp³-hybridized carbons (Fsp3) is 0.133. The molecule has 1 N–H and O–H groups in total. The normalized spacial score (nSPS) is 10.8. The van der Waals surface area contributed by atoms with Gasteiger partial charge >= 0.3 is 0 Å². The number of nitrogens with one attached hydrogen (secondary N) is 1. The molecule has 2 heterocycles. The highest BCUT2D eigenvalue weighted by molar-refractivity contribution is 9.10. The lowest BCUT2D eigenvalue weighted by molar-refractivity contribution is 1.09. The molecule has 5 heteroatoms. The van der Waals surface area contributed by atoms with Crippen LogP contribution in [0.25, 0.3) is 22.4 Å². The van der Waals surface area contributed by atoms with Gasteiger partial charge in [-0.25, -0.2) is 15.0 Å². The van der Waals surface area contributed by atoms with E-state index in [0.29, 0.717) is 5.82 Å². The summed E-state index contributed by atoms with van der Waals surface area (Å²) in [6.45, 7) is 1.95. The number of rotatable bonds is 2. The summed E-state index contributed by atoms with van der Waals surface area (Å²) in [5, 5.41) is 4.13. The first-order valence-electron chi connectivity index (χ1n) is 6.26. The molecule has 3 aromatic rings. The number of aromatic nitrogens is 3. The second-order valence-corrected chi connectivity index (χ2v) is 5.33. The Hall–Kier alpha value is -2.01. The first-order chi connectivity index (χ1) is 9.67. The molecule has 0 bridgehead atoms. The molecular weight excluding hydrogens is 316 g/mol. The van der Waals surface area contributed by atoms with E-state index in [9.17, 15) is 0 Å². The summed E-state index contributed by atoms with van der Waals surface area (Å²) in [6, 6.07) is 11.9. The van der Waals surface area contributed by atoms with Gasteiger partial charge < -0.3 is 5.32 Å². The van der Waals surface area contributed by atoms with Crippen molar-refractivity contribution in [2.75, 3.05) is 12.4 Å². The largest absolute Gasteiger partial charge is 0.373 e. The second kappa shape index (κ2) is 5.17. The van der Waals surface area contributed by atoms with E-state index in [0.717, 1.165) is 32.6 Å². The van der Waals surface area contributed by atoms with E-state index in [2.05, 4.69) is 36.2 Å². The Kier molecular flexibility index (Phi) is 3.36. The van der Waals surface area contributed by atoms with Gasteiger partial charge in [0.1, 0.15) is 11.5 Å². The van der Waals surface area contributed by atoms with Crippen LogP contribution in [0.1, 0.15) is 5.69 Å². The van der Waals surface area contributed by atoms with E-state index >= 15 is 0 Å². The minimum atomic E-state index is 0.618. The van der Waals surface area contributed by atoms with Crippen LogP contribution in [0.2, 0.25) is 0 Å². The molecule has 100 valence electrons. The van der Waals surface area contributed by atoms with Crippen molar-refractivity contribution in [2.45, 2.75) is 6.92 Å². The molecule has 0 aliphatic rings. The third kappa shape index (κ3) is 2.36. The van der Waals surface area contributed by atoms with Crippen LogP contribution in [0.5, 0.6) is 0 Å². The van der Waals surface area contributed by atoms with Crippen molar-refractivity contribution in [3.8, 4) is 11.5 Å². The van der Waals surface area contributed by atoms with Crippen LogP contribution in [0.15, 0.2) is 40.9 Å². The summed E-state index contributed by atoms with van der Waals surface area (Å²) in [5.74, 6) is 1.40. The summed E-state index contributed by atoms with van der Waals surface area (Å²) in [4.78, 5) is 13.6. The monoisotopic (exact) mass is 328 g/mol. The van der Waals surface area contributed by atoms with Gasteiger partial charge in [0.15, 0.2) is 5.82 Å². The molecule has 2 aromatic heterocycles. The lowest BCUT2D eigenvalue weighted by Gasteiger charge is -2.08. The number of fused-ring (bicyclic) bond motifs is 1. The molecule has 0 unspecified atom stereocenters. The van der Waals surface area contributed by atoms with Crippen molar-refractivity contribution in [3.05, 3.63) is 46.6 Å². The molecule has 0 aliphatic heterocycles. The van der Waals surface area contributed by atoms with Gasteiger partial charge in [0, 0.05) is 28.7 Å². The minimum absolute atomic E-state index is 0.618. The van der Waals surface area contributed by atoms with Gasteiger partial charge in [0.25, 0.3) is 0 Å².